The highest BCUT2D eigenvalue weighted by Crippen LogP contribution is 2.23. The number of halogens is 1. The Labute approximate surface area is 153 Å². The molecule has 2 aromatic carbocycles. The number of amides is 1. The zero-order valence-corrected chi connectivity index (χ0v) is 15.1. The second kappa shape index (κ2) is 9.25. The van der Waals surface area contributed by atoms with Gasteiger partial charge >= 0.3 is 0 Å². The molecule has 0 radical (unpaired) electrons. The number of aliphatic hydroxyl groups excluding tert-OH is 1. The van der Waals surface area contributed by atoms with Gasteiger partial charge in [-0.3, -0.25) is 4.79 Å². The van der Waals surface area contributed by atoms with Gasteiger partial charge in [0.25, 0.3) is 5.91 Å². The fourth-order valence-electron chi connectivity index (χ4n) is 2.34. The third kappa shape index (κ3) is 5.62. The molecule has 0 fully saturated rings. The minimum Gasteiger partial charge on any atom is -0.496 e. The van der Waals surface area contributed by atoms with Gasteiger partial charge in [0, 0.05) is 28.8 Å². The number of methoxy groups -OCH3 is 1. The van der Waals surface area contributed by atoms with E-state index in [-0.39, 0.29) is 18.6 Å². The van der Waals surface area contributed by atoms with Crippen molar-refractivity contribution in [3.63, 3.8) is 0 Å². The molecule has 0 aromatic heterocycles. The largest absolute Gasteiger partial charge is 0.496 e. The lowest BCUT2D eigenvalue weighted by atomic mass is 10.1. The lowest BCUT2D eigenvalue weighted by molar-refractivity contribution is 0.0934. The van der Waals surface area contributed by atoms with E-state index in [1.807, 2.05) is 43.3 Å². The second-order valence-corrected chi connectivity index (χ2v) is 6.16. The third-order valence-corrected chi connectivity index (χ3v) is 4.01. The zero-order chi connectivity index (χ0) is 18.2. The van der Waals surface area contributed by atoms with Gasteiger partial charge in [0.2, 0.25) is 0 Å². The monoisotopic (exact) mass is 359 g/mol. The van der Waals surface area contributed by atoms with E-state index >= 15 is 0 Å². The third-order valence-electron chi connectivity index (χ3n) is 3.76. The van der Waals surface area contributed by atoms with E-state index < -0.39 is 0 Å². The number of carbonyl (C=O) groups excluding carboxylic acids is 1. The van der Waals surface area contributed by atoms with Crippen LogP contribution in [-0.4, -0.2) is 30.8 Å². The standard InChI is InChI=1S/C20H22ClNO3/c1-14(11-12-23)22-20(24)17-7-10-19(25-2)16(13-17)6-3-15-4-8-18(21)9-5-15/h3-10,13-14,23H,11-12H2,1-2H3,(H,22,24). The van der Waals surface area contributed by atoms with Crippen LogP contribution < -0.4 is 10.1 Å². The first kappa shape index (κ1) is 19.0. The van der Waals surface area contributed by atoms with Crippen LogP contribution >= 0.6 is 11.6 Å². The number of carbonyl (C=O) groups is 1. The fourth-order valence-corrected chi connectivity index (χ4v) is 2.46. The normalized spacial score (nSPS) is 12.2. The lowest BCUT2D eigenvalue weighted by Gasteiger charge is -2.13. The number of rotatable bonds is 7. The predicted molar refractivity (Wildman–Crippen MR) is 102 cm³/mol. The van der Waals surface area contributed by atoms with E-state index in [4.69, 9.17) is 21.4 Å². The van der Waals surface area contributed by atoms with Crippen molar-refractivity contribution in [3.05, 3.63) is 64.2 Å². The minimum absolute atomic E-state index is 0.0408. The van der Waals surface area contributed by atoms with Crippen LogP contribution in [-0.2, 0) is 0 Å². The van der Waals surface area contributed by atoms with E-state index in [0.29, 0.717) is 22.8 Å². The fraction of sp³-hybridized carbons (Fsp3) is 0.250. The van der Waals surface area contributed by atoms with Crippen molar-refractivity contribution in [2.24, 2.45) is 0 Å². The molecule has 4 nitrogen and oxygen atoms in total. The molecule has 0 aliphatic carbocycles. The van der Waals surface area contributed by atoms with E-state index in [2.05, 4.69) is 5.32 Å². The summed E-state index contributed by atoms with van der Waals surface area (Å²) in [6, 6.07) is 12.7. The maximum Gasteiger partial charge on any atom is 0.251 e. The molecule has 0 aliphatic heterocycles. The molecule has 0 heterocycles. The molecule has 2 rings (SSSR count). The summed E-state index contributed by atoms with van der Waals surface area (Å²) in [7, 11) is 1.60. The van der Waals surface area contributed by atoms with Crippen molar-refractivity contribution in [1.82, 2.24) is 5.32 Å². The highest BCUT2D eigenvalue weighted by Gasteiger charge is 2.11. The van der Waals surface area contributed by atoms with Crippen LogP contribution in [0.2, 0.25) is 5.02 Å². The Kier molecular flexibility index (Phi) is 7.04. The Morgan fingerprint density at radius 3 is 2.60 bits per heavy atom. The number of benzene rings is 2. The van der Waals surface area contributed by atoms with Crippen molar-refractivity contribution in [3.8, 4) is 5.75 Å². The van der Waals surface area contributed by atoms with Gasteiger partial charge in [-0.2, -0.15) is 0 Å². The molecule has 2 N–H and O–H groups in total. The van der Waals surface area contributed by atoms with Crippen molar-refractivity contribution >= 4 is 29.7 Å². The van der Waals surface area contributed by atoms with E-state index in [9.17, 15) is 4.79 Å². The maximum absolute atomic E-state index is 12.3. The van der Waals surface area contributed by atoms with Gasteiger partial charge in [-0.25, -0.2) is 0 Å². The number of hydrogen-bond acceptors (Lipinski definition) is 3. The topological polar surface area (TPSA) is 58.6 Å². The summed E-state index contributed by atoms with van der Waals surface area (Å²) in [4.78, 5) is 12.3. The molecule has 25 heavy (non-hydrogen) atoms. The van der Waals surface area contributed by atoms with Crippen molar-refractivity contribution in [2.75, 3.05) is 13.7 Å². The summed E-state index contributed by atoms with van der Waals surface area (Å²) < 4.78 is 5.37. The SMILES string of the molecule is COc1ccc(C(=O)NC(C)CCO)cc1C=Cc1ccc(Cl)cc1. The van der Waals surface area contributed by atoms with Crippen molar-refractivity contribution in [1.29, 1.82) is 0 Å². The molecule has 0 spiro atoms. The molecule has 5 heteroatoms. The maximum atomic E-state index is 12.3. The van der Waals surface area contributed by atoms with E-state index in [0.717, 1.165) is 11.1 Å². The lowest BCUT2D eigenvalue weighted by Crippen LogP contribution is -2.33. The highest BCUT2D eigenvalue weighted by atomic mass is 35.5. The molecule has 132 valence electrons. The van der Waals surface area contributed by atoms with E-state index in [1.54, 1.807) is 25.3 Å². The first-order chi connectivity index (χ1) is 12.0. The Balaban J connectivity index is 2.21. The number of nitrogens with one attached hydrogen (secondary N) is 1. The molecule has 1 amide bonds. The van der Waals surface area contributed by atoms with Crippen LogP contribution in [0.3, 0.4) is 0 Å². The summed E-state index contributed by atoms with van der Waals surface area (Å²) in [5.74, 6) is 0.509. The molecular formula is C20H22ClNO3. The predicted octanol–water partition coefficient (Wildman–Crippen LogP) is 4.02. The first-order valence-electron chi connectivity index (χ1n) is 8.07. The van der Waals surface area contributed by atoms with Crippen LogP contribution in [0.5, 0.6) is 5.75 Å². The summed E-state index contributed by atoms with van der Waals surface area (Å²) in [5, 5.41) is 12.5. The highest BCUT2D eigenvalue weighted by molar-refractivity contribution is 6.30. The molecular weight excluding hydrogens is 338 g/mol. The second-order valence-electron chi connectivity index (χ2n) is 5.73. The summed E-state index contributed by atoms with van der Waals surface area (Å²) >= 11 is 5.89. The van der Waals surface area contributed by atoms with Crippen molar-refractivity contribution < 1.29 is 14.6 Å². The van der Waals surface area contributed by atoms with Gasteiger partial charge < -0.3 is 15.2 Å². The summed E-state index contributed by atoms with van der Waals surface area (Å²) in [6.07, 6.45) is 4.35. The average Bonchev–Trinajstić information content (AvgIpc) is 2.61. The van der Waals surface area contributed by atoms with Crippen LogP contribution in [0.1, 0.15) is 34.8 Å². The van der Waals surface area contributed by atoms with Gasteiger partial charge in [0.1, 0.15) is 5.75 Å². The van der Waals surface area contributed by atoms with E-state index in [1.165, 1.54) is 0 Å². The minimum atomic E-state index is -0.176. The Morgan fingerprint density at radius 2 is 1.96 bits per heavy atom. The molecule has 0 saturated heterocycles. The van der Waals surface area contributed by atoms with Gasteiger partial charge in [-0.05, 0) is 49.2 Å². The summed E-state index contributed by atoms with van der Waals surface area (Å²) in [5.41, 5.74) is 2.35. The van der Waals surface area contributed by atoms with Gasteiger partial charge in [0.15, 0.2) is 0 Å². The molecule has 1 unspecified atom stereocenters. The van der Waals surface area contributed by atoms with Crippen LogP contribution in [0.4, 0.5) is 0 Å². The molecule has 1 atom stereocenters. The van der Waals surface area contributed by atoms with Crippen LogP contribution in [0, 0.1) is 0 Å². The number of aliphatic hydroxyl groups is 1. The van der Waals surface area contributed by atoms with Gasteiger partial charge in [-0.15, -0.1) is 0 Å². The van der Waals surface area contributed by atoms with Gasteiger partial charge in [-0.1, -0.05) is 35.9 Å². The number of ether oxygens (including phenoxy) is 1. The Bertz CT molecular complexity index is 741. The van der Waals surface area contributed by atoms with Gasteiger partial charge in [0.05, 0.1) is 7.11 Å². The van der Waals surface area contributed by atoms with Crippen LogP contribution in [0.15, 0.2) is 42.5 Å². The summed E-state index contributed by atoms with van der Waals surface area (Å²) in [6.45, 7) is 1.90. The smallest absolute Gasteiger partial charge is 0.251 e. The molecule has 0 bridgehead atoms. The first-order valence-corrected chi connectivity index (χ1v) is 8.44. The Morgan fingerprint density at radius 1 is 1.24 bits per heavy atom. The average molecular weight is 360 g/mol. The number of hydrogen-bond donors (Lipinski definition) is 2. The van der Waals surface area contributed by atoms with Crippen molar-refractivity contribution in [2.45, 2.75) is 19.4 Å². The molecule has 0 aliphatic rings. The van der Waals surface area contributed by atoms with Crippen LogP contribution in [0.25, 0.3) is 12.2 Å². The quantitative estimate of drug-likeness (QED) is 0.734. The molecule has 2 aromatic rings. The zero-order valence-electron chi connectivity index (χ0n) is 14.3. The molecule has 0 saturated carbocycles. The Hall–Kier alpha value is -2.30.